The molecule has 0 aliphatic heterocycles. The first-order chi connectivity index (χ1) is 7.02. The first-order valence-electron chi connectivity index (χ1n) is 4.53. The number of aldehydes is 1. The Hall–Kier alpha value is -1.84. The third kappa shape index (κ3) is 3.09. The highest BCUT2D eigenvalue weighted by atomic mass is 16.5. The molecule has 15 heavy (non-hydrogen) atoms. The maximum atomic E-state index is 10.7. The zero-order valence-corrected chi connectivity index (χ0v) is 8.56. The van der Waals surface area contributed by atoms with Crippen LogP contribution in [0.5, 0.6) is 5.75 Å². The molecule has 0 aliphatic rings. The van der Waals surface area contributed by atoms with Crippen molar-refractivity contribution in [1.29, 1.82) is 0 Å². The van der Waals surface area contributed by atoms with Gasteiger partial charge in [0, 0.05) is 5.56 Å². The fourth-order valence-electron chi connectivity index (χ4n) is 1.15. The largest absolute Gasteiger partial charge is 0.491 e. The topological polar surface area (TPSA) is 63.6 Å². The summed E-state index contributed by atoms with van der Waals surface area (Å²) in [5, 5.41) is 8.79. The standard InChI is InChI=1S/C11H12O4/c1-7(2)15-10-4-8(6-12)3-9(5-10)11(13)14/h3-7H,1-2H3,(H,13,14). The number of carbonyl (C=O) groups is 2. The van der Waals surface area contributed by atoms with Gasteiger partial charge in [-0.1, -0.05) is 0 Å². The van der Waals surface area contributed by atoms with Crippen molar-refractivity contribution in [2.75, 3.05) is 0 Å². The summed E-state index contributed by atoms with van der Waals surface area (Å²) in [5.74, 6) is -0.681. The Morgan fingerprint density at radius 2 is 2.07 bits per heavy atom. The molecule has 1 N–H and O–H groups in total. The summed E-state index contributed by atoms with van der Waals surface area (Å²) < 4.78 is 5.33. The van der Waals surface area contributed by atoms with Gasteiger partial charge >= 0.3 is 5.97 Å². The molecule has 0 radical (unpaired) electrons. The number of hydrogen-bond donors (Lipinski definition) is 1. The van der Waals surface area contributed by atoms with E-state index in [0.29, 0.717) is 17.6 Å². The zero-order valence-electron chi connectivity index (χ0n) is 8.56. The van der Waals surface area contributed by atoms with Crippen LogP contribution in [0.4, 0.5) is 0 Å². The number of carbonyl (C=O) groups excluding carboxylic acids is 1. The Morgan fingerprint density at radius 3 is 2.53 bits per heavy atom. The van der Waals surface area contributed by atoms with E-state index in [-0.39, 0.29) is 11.7 Å². The van der Waals surface area contributed by atoms with E-state index in [0.717, 1.165) is 0 Å². The minimum atomic E-state index is -1.08. The van der Waals surface area contributed by atoms with Crippen molar-refractivity contribution in [2.24, 2.45) is 0 Å². The lowest BCUT2D eigenvalue weighted by Crippen LogP contribution is -2.07. The van der Waals surface area contributed by atoms with Gasteiger partial charge in [0.2, 0.25) is 0 Å². The van der Waals surface area contributed by atoms with Crippen molar-refractivity contribution < 1.29 is 19.4 Å². The minimum absolute atomic E-state index is 0.0512. The molecule has 1 aromatic rings. The molecule has 0 amide bonds. The number of benzene rings is 1. The van der Waals surface area contributed by atoms with Crippen LogP contribution in [0, 0.1) is 0 Å². The van der Waals surface area contributed by atoms with Crippen molar-refractivity contribution in [1.82, 2.24) is 0 Å². The molecule has 0 saturated heterocycles. The fourth-order valence-corrected chi connectivity index (χ4v) is 1.15. The third-order valence-corrected chi connectivity index (χ3v) is 1.68. The molecule has 0 saturated carbocycles. The van der Waals surface area contributed by atoms with Crippen molar-refractivity contribution in [3.63, 3.8) is 0 Å². The van der Waals surface area contributed by atoms with Crippen LogP contribution in [0.2, 0.25) is 0 Å². The Balaban J connectivity index is 3.11. The highest BCUT2D eigenvalue weighted by Gasteiger charge is 2.08. The summed E-state index contributed by atoms with van der Waals surface area (Å²) in [4.78, 5) is 21.3. The average molecular weight is 208 g/mol. The number of rotatable bonds is 4. The van der Waals surface area contributed by atoms with Gasteiger partial charge in [-0.05, 0) is 32.0 Å². The Labute approximate surface area is 87.5 Å². The normalized spacial score (nSPS) is 10.1. The van der Waals surface area contributed by atoms with Crippen molar-refractivity contribution in [2.45, 2.75) is 20.0 Å². The number of aromatic carboxylic acids is 1. The first-order valence-corrected chi connectivity index (χ1v) is 4.53. The van der Waals surface area contributed by atoms with Crippen LogP contribution in [0.1, 0.15) is 34.6 Å². The molecule has 0 atom stereocenters. The molecule has 0 spiro atoms. The smallest absolute Gasteiger partial charge is 0.335 e. The summed E-state index contributed by atoms with van der Waals surface area (Å²) in [7, 11) is 0. The molecular weight excluding hydrogens is 196 g/mol. The van der Waals surface area contributed by atoms with Crippen LogP contribution in [-0.4, -0.2) is 23.5 Å². The molecule has 80 valence electrons. The summed E-state index contributed by atoms with van der Waals surface area (Å²) in [6, 6.07) is 4.22. The lowest BCUT2D eigenvalue weighted by atomic mass is 10.1. The van der Waals surface area contributed by atoms with Gasteiger partial charge in [0.15, 0.2) is 0 Å². The van der Waals surface area contributed by atoms with Gasteiger partial charge < -0.3 is 9.84 Å². The molecule has 1 aromatic carbocycles. The first kappa shape index (κ1) is 11.2. The summed E-state index contributed by atoms with van der Waals surface area (Å²) in [5.41, 5.74) is 0.348. The lowest BCUT2D eigenvalue weighted by Gasteiger charge is -2.10. The van der Waals surface area contributed by atoms with Crippen LogP contribution < -0.4 is 4.74 Å². The van der Waals surface area contributed by atoms with Crippen LogP contribution >= 0.6 is 0 Å². The zero-order chi connectivity index (χ0) is 11.4. The van der Waals surface area contributed by atoms with Crippen LogP contribution in [0.15, 0.2) is 18.2 Å². The van der Waals surface area contributed by atoms with E-state index >= 15 is 0 Å². The second-order valence-corrected chi connectivity index (χ2v) is 3.38. The van der Waals surface area contributed by atoms with E-state index in [9.17, 15) is 9.59 Å². The third-order valence-electron chi connectivity index (χ3n) is 1.68. The quantitative estimate of drug-likeness (QED) is 0.768. The molecule has 0 aliphatic carbocycles. The second kappa shape index (κ2) is 4.59. The van der Waals surface area contributed by atoms with E-state index in [1.807, 2.05) is 13.8 Å². The van der Waals surface area contributed by atoms with Gasteiger partial charge in [-0.2, -0.15) is 0 Å². The molecule has 0 unspecified atom stereocenters. The molecule has 0 heterocycles. The fraction of sp³-hybridized carbons (Fsp3) is 0.273. The minimum Gasteiger partial charge on any atom is -0.491 e. The Kier molecular flexibility index (Phi) is 3.44. The van der Waals surface area contributed by atoms with Crippen molar-refractivity contribution in [3.05, 3.63) is 29.3 Å². The highest BCUT2D eigenvalue weighted by molar-refractivity contribution is 5.90. The molecule has 0 bridgehead atoms. The SMILES string of the molecule is CC(C)Oc1cc(C=O)cc(C(=O)O)c1. The van der Waals surface area contributed by atoms with Gasteiger partial charge in [0.05, 0.1) is 11.7 Å². The number of ether oxygens (including phenoxy) is 1. The van der Waals surface area contributed by atoms with E-state index in [1.165, 1.54) is 18.2 Å². The van der Waals surface area contributed by atoms with E-state index in [4.69, 9.17) is 9.84 Å². The van der Waals surface area contributed by atoms with Crippen molar-refractivity contribution >= 4 is 12.3 Å². The number of carboxylic acids is 1. The van der Waals surface area contributed by atoms with Gasteiger partial charge in [-0.15, -0.1) is 0 Å². The molecule has 1 rings (SSSR count). The summed E-state index contributed by atoms with van der Waals surface area (Å²) in [6.07, 6.45) is 0.535. The number of hydrogen-bond acceptors (Lipinski definition) is 3. The molecule has 0 aromatic heterocycles. The Bertz CT molecular complexity index is 382. The van der Waals surface area contributed by atoms with Crippen LogP contribution in [0.3, 0.4) is 0 Å². The molecule has 4 nitrogen and oxygen atoms in total. The number of carboxylic acid groups (broad SMARTS) is 1. The maximum Gasteiger partial charge on any atom is 0.335 e. The monoisotopic (exact) mass is 208 g/mol. The van der Waals surface area contributed by atoms with Gasteiger partial charge in [0.25, 0.3) is 0 Å². The molecular formula is C11H12O4. The second-order valence-electron chi connectivity index (χ2n) is 3.38. The van der Waals surface area contributed by atoms with Crippen molar-refractivity contribution in [3.8, 4) is 5.75 Å². The van der Waals surface area contributed by atoms with Crippen LogP contribution in [0.25, 0.3) is 0 Å². The summed E-state index contributed by atoms with van der Waals surface area (Å²) in [6.45, 7) is 3.65. The predicted molar refractivity (Wildman–Crippen MR) is 54.6 cm³/mol. The van der Waals surface area contributed by atoms with E-state index in [1.54, 1.807) is 0 Å². The lowest BCUT2D eigenvalue weighted by molar-refractivity contribution is 0.0696. The Morgan fingerprint density at radius 1 is 1.40 bits per heavy atom. The van der Waals surface area contributed by atoms with Crippen LogP contribution in [-0.2, 0) is 0 Å². The van der Waals surface area contributed by atoms with Gasteiger partial charge in [0.1, 0.15) is 12.0 Å². The maximum absolute atomic E-state index is 10.7. The average Bonchev–Trinajstić information content (AvgIpc) is 2.16. The highest BCUT2D eigenvalue weighted by Crippen LogP contribution is 2.17. The van der Waals surface area contributed by atoms with E-state index in [2.05, 4.69) is 0 Å². The van der Waals surface area contributed by atoms with Gasteiger partial charge in [-0.3, -0.25) is 4.79 Å². The summed E-state index contributed by atoms with van der Waals surface area (Å²) >= 11 is 0. The van der Waals surface area contributed by atoms with E-state index < -0.39 is 5.97 Å². The predicted octanol–water partition coefficient (Wildman–Crippen LogP) is 1.98. The molecule has 0 fully saturated rings. The van der Waals surface area contributed by atoms with Gasteiger partial charge in [-0.25, -0.2) is 4.79 Å². The molecule has 4 heteroatoms.